The van der Waals surface area contributed by atoms with Crippen molar-refractivity contribution in [2.24, 2.45) is 5.41 Å². The molecule has 0 bridgehead atoms. The molecule has 9 heavy (non-hydrogen) atoms. The number of hydrogen-bond donors (Lipinski definition) is 0. The molecule has 0 amide bonds. The number of halogens is 1. The lowest BCUT2D eigenvalue weighted by atomic mass is 9.85. The number of rotatable bonds is 2. The van der Waals surface area contributed by atoms with E-state index in [0.29, 0.717) is 5.41 Å². The van der Waals surface area contributed by atoms with E-state index in [0.717, 1.165) is 5.88 Å². The van der Waals surface area contributed by atoms with Crippen LogP contribution < -0.4 is 0 Å². The predicted molar refractivity (Wildman–Crippen MR) is 41.8 cm³/mol. The van der Waals surface area contributed by atoms with Gasteiger partial charge in [0.2, 0.25) is 0 Å². The zero-order chi connectivity index (χ0) is 6.74. The van der Waals surface area contributed by atoms with Gasteiger partial charge in [0.15, 0.2) is 0 Å². The van der Waals surface area contributed by atoms with Gasteiger partial charge in [-0.25, -0.2) is 0 Å². The van der Waals surface area contributed by atoms with Gasteiger partial charge in [0, 0.05) is 5.88 Å². The van der Waals surface area contributed by atoms with E-state index >= 15 is 0 Å². The number of alkyl halides is 1. The van der Waals surface area contributed by atoms with Crippen LogP contribution in [-0.2, 0) is 0 Å². The molecule has 0 heterocycles. The summed E-state index contributed by atoms with van der Waals surface area (Å²) in [5.74, 6) is 0.816. The lowest BCUT2D eigenvalue weighted by molar-refractivity contribution is 0.345. The molecule has 0 aromatic heterocycles. The van der Waals surface area contributed by atoms with Crippen molar-refractivity contribution in [2.75, 3.05) is 5.88 Å². The van der Waals surface area contributed by atoms with E-state index in [2.05, 4.69) is 19.1 Å². The molecular weight excluding hydrogens is 132 g/mol. The minimum atomic E-state index is 0.432. The fourth-order valence-corrected chi connectivity index (χ4v) is 1.65. The standard InChI is InChI=1S/C8H13Cl/c1-2-8(7-9)5-3-4-6-8/h3-4H,2,5-7H2,1H3. The van der Waals surface area contributed by atoms with Crippen LogP contribution in [0.4, 0.5) is 0 Å². The van der Waals surface area contributed by atoms with Gasteiger partial charge < -0.3 is 0 Å². The van der Waals surface area contributed by atoms with E-state index in [1.807, 2.05) is 0 Å². The SMILES string of the molecule is CCC1(CCl)CC=CC1. The van der Waals surface area contributed by atoms with Gasteiger partial charge in [0.25, 0.3) is 0 Å². The van der Waals surface area contributed by atoms with Crippen LogP contribution in [0.5, 0.6) is 0 Å². The molecule has 0 saturated carbocycles. The van der Waals surface area contributed by atoms with Crippen molar-refractivity contribution in [3.63, 3.8) is 0 Å². The van der Waals surface area contributed by atoms with Crippen molar-refractivity contribution in [1.29, 1.82) is 0 Å². The third kappa shape index (κ3) is 1.29. The van der Waals surface area contributed by atoms with Crippen LogP contribution in [0.25, 0.3) is 0 Å². The Bertz CT molecular complexity index is 102. The van der Waals surface area contributed by atoms with Crippen molar-refractivity contribution in [2.45, 2.75) is 26.2 Å². The topological polar surface area (TPSA) is 0 Å². The molecule has 52 valence electrons. The van der Waals surface area contributed by atoms with Crippen molar-refractivity contribution in [1.82, 2.24) is 0 Å². The fourth-order valence-electron chi connectivity index (χ4n) is 1.24. The summed E-state index contributed by atoms with van der Waals surface area (Å²) in [5.41, 5.74) is 0.432. The third-order valence-corrected chi connectivity index (χ3v) is 2.87. The van der Waals surface area contributed by atoms with Crippen LogP contribution in [0.15, 0.2) is 12.2 Å². The molecule has 0 atom stereocenters. The Hall–Kier alpha value is 0.0300. The quantitative estimate of drug-likeness (QED) is 0.413. The summed E-state index contributed by atoms with van der Waals surface area (Å²) in [4.78, 5) is 0. The summed E-state index contributed by atoms with van der Waals surface area (Å²) in [5, 5.41) is 0. The van der Waals surface area contributed by atoms with E-state index in [1.54, 1.807) is 0 Å². The molecule has 0 unspecified atom stereocenters. The lowest BCUT2D eigenvalue weighted by Crippen LogP contribution is -2.16. The largest absolute Gasteiger partial charge is 0.126 e. The van der Waals surface area contributed by atoms with Crippen LogP contribution in [0, 0.1) is 5.41 Å². The number of hydrogen-bond acceptors (Lipinski definition) is 0. The number of allylic oxidation sites excluding steroid dienone is 2. The average Bonchev–Trinajstić information content (AvgIpc) is 2.36. The molecule has 1 rings (SSSR count). The molecule has 1 heteroatoms. The molecule has 0 aliphatic heterocycles. The summed E-state index contributed by atoms with van der Waals surface area (Å²) >= 11 is 5.82. The highest BCUT2D eigenvalue weighted by Gasteiger charge is 2.27. The van der Waals surface area contributed by atoms with Crippen molar-refractivity contribution in [3.05, 3.63) is 12.2 Å². The Morgan fingerprint density at radius 3 is 2.22 bits per heavy atom. The molecule has 0 fully saturated rings. The first-order valence-corrected chi connectivity index (χ1v) is 4.07. The van der Waals surface area contributed by atoms with E-state index in [1.165, 1.54) is 19.3 Å². The minimum absolute atomic E-state index is 0.432. The zero-order valence-corrected chi connectivity index (χ0v) is 6.62. The van der Waals surface area contributed by atoms with Gasteiger partial charge in [-0.2, -0.15) is 0 Å². The minimum Gasteiger partial charge on any atom is -0.126 e. The van der Waals surface area contributed by atoms with Gasteiger partial charge in [-0.3, -0.25) is 0 Å². The molecule has 0 spiro atoms. The maximum absolute atomic E-state index is 5.82. The monoisotopic (exact) mass is 144 g/mol. The third-order valence-electron chi connectivity index (χ3n) is 2.30. The second kappa shape index (κ2) is 2.74. The predicted octanol–water partition coefficient (Wildman–Crippen LogP) is 2.97. The normalized spacial score (nSPS) is 22.9. The highest BCUT2D eigenvalue weighted by atomic mass is 35.5. The van der Waals surface area contributed by atoms with Crippen LogP contribution in [0.1, 0.15) is 26.2 Å². The van der Waals surface area contributed by atoms with Gasteiger partial charge >= 0.3 is 0 Å². The second-order valence-electron chi connectivity index (χ2n) is 2.87. The maximum atomic E-state index is 5.82. The highest BCUT2D eigenvalue weighted by molar-refractivity contribution is 6.18. The summed E-state index contributed by atoms with van der Waals surface area (Å²) in [6, 6.07) is 0. The van der Waals surface area contributed by atoms with Gasteiger partial charge in [-0.1, -0.05) is 19.1 Å². The summed E-state index contributed by atoms with van der Waals surface area (Å²) in [7, 11) is 0. The van der Waals surface area contributed by atoms with Crippen LogP contribution in [0.2, 0.25) is 0 Å². The average molecular weight is 145 g/mol. The molecule has 0 N–H and O–H groups in total. The Kier molecular flexibility index (Phi) is 2.18. The highest BCUT2D eigenvalue weighted by Crippen LogP contribution is 2.37. The Morgan fingerprint density at radius 2 is 2.00 bits per heavy atom. The smallest absolute Gasteiger partial charge is 0.0285 e. The van der Waals surface area contributed by atoms with E-state index in [4.69, 9.17) is 11.6 Å². The maximum Gasteiger partial charge on any atom is 0.0285 e. The van der Waals surface area contributed by atoms with Gasteiger partial charge in [0.1, 0.15) is 0 Å². The van der Waals surface area contributed by atoms with E-state index < -0.39 is 0 Å². The Labute approximate surface area is 61.9 Å². The van der Waals surface area contributed by atoms with Gasteiger partial charge in [-0.05, 0) is 24.7 Å². The second-order valence-corrected chi connectivity index (χ2v) is 3.13. The molecular formula is C8H13Cl. The van der Waals surface area contributed by atoms with Gasteiger partial charge in [0.05, 0.1) is 0 Å². The Balaban J connectivity index is 2.50. The first-order valence-electron chi connectivity index (χ1n) is 3.54. The van der Waals surface area contributed by atoms with E-state index in [9.17, 15) is 0 Å². The molecule has 1 aliphatic carbocycles. The molecule has 0 aromatic carbocycles. The van der Waals surface area contributed by atoms with Crippen LogP contribution in [0.3, 0.4) is 0 Å². The first kappa shape index (κ1) is 7.14. The van der Waals surface area contributed by atoms with E-state index in [-0.39, 0.29) is 0 Å². The van der Waals surface area contributed by atoms with Crippen molar-refractivity contribution in [3.8, 4) is 0 Å². The molecule has 0 aromatic rings. The summed E-state index contributed by atoms with van der Waals surface area (Å²) < 4.78 is 0. The van der Waals surface area contributed by atoms with Crippen LogP contribution in [-0.4, -0.2) is 5.88 Å². The lowest BCUT2D eigenvalue weighted by Gasteiger charge is -2.23. The Morgan fingerprint density at radius 1 is 1.44 bits per heavy atom. The fraction of sp³-hybridized carbons (Fsp3) is 0.750. The molecule has 0 saturated heterocycles. The summed E-state index contributed by atoms with van der Waals surface area (Å²) in [6.07, 6.45) is 8.07. The van der Waals surface area contributed by atoms with Crippen molar-refractivity contribution < 1.29 is 0 Å². The molecule has 0 nitrogen and oxygen atoms in total. The van der Waals surface area contributed by atoms with Gasteiger partial charge in [-0.15, -0.1) is 11.6 Å². The first-order chi connectivity index (χ1) is 4.33. The molecule has 0 radical (unpaired) electrons. The zero-order valence-electron chi connectivity index (χ0n) is 5.86. The van der Waals surface area contributed by atoms with Crippen molar-refractivity contribution >= 4 is 11.6 Å². The van der Waals surface area contributed by atoms with Crippen LogP contribution >= 0.6 is 11.6 Å². The molecule has 1 aliphatic rings. The summed E-state index contributed by atoms with van der Waals surface area (Å²) in [6.45, 7) is 2.22.